The quantitative estimate of drug-likeness (QED) is 0.682. The summed E-state index contributed by atoms with van der Waals surface area (Å²) in [5.41, 5.74) is 2.75. The summed E-state index contributed by atoms with van der Waals surface area (Å²) >= 11 is 0. The summed E-state index contributed by atoms with van der Waals surface area (Å²) < 4.78 is 0. The van der Waals surface area contributed by atoms with Crippen molar-refractivity contribution in [3.8, 4) is 5.75 Å². The minimum atomic E-state index is 0.703. The third kappa shape index (κ3) is 0.939. The molecule has 4 nitrogen and oxygen atoms in total. The first-order valence-electron chi connectivity index (χ1n) is 4.28. The highest BCUT2D eigenvalue weighted by Gasteiger charge is 2.10. The number of imidazole rings is 1. The van der Waals surface area contributed by atoms with Crippen LogP contribution in [0.1, 0.15) is 5.56 Å². The molecule has 4 heteroatoms. The zero-order valence-electron chi connectivity index (χ0n) is 7.27. The van der Waals surface area contributed by atoms with E-state index in [4.69, 9.17) is 4.84 Å². The van der Waals surface area contributed by atoms with Crippen molar-refractivity contribution >= 4 is 23.3 Å². The molecule has 0 amide bonds. The summed E-state index contributed by atoms with van der Waals surface area (Å²) in [4.78, 5) is 12.5. The van der Waals surface area contributed by atoms with Crippen molar-refractivity contribution in [1.29, 1.82) is 0 Å². The molecular weight excluding hydrogens is 178 g/mol. The van der Waals surface area contributed by atoms with Crippen molar-refractivity contribution in [3.05, 3.63) is 30.1 Å². The lowest BCUT2D eigenvalue weighted by Gasteiger charge is -2.01. The van der Waals surface area contributed by atoms with Crippen molar-refractivity contribution in [3.63, 3.8) is 0 Å². The van der Waals surface area contributed by atoms with Gasteiger partial charge >= 0.3 is 0 Å². The molecule has 1 aromatic carbocycles. The Morgan fingerprint density at radius 1 is 1.29 bits per heavy atom. The summed E-state index contributed by atoms with van der Waals surface area (Å²) in [5.74, 6) is 0.703. The van der Waals surface area contributed by atoms with E-state index in [1.165, 1.54) is 0 Å². The van der Waals surface area contributed by atoms with Gasteiger partial charge in [-0.2, -0.15) is 0 Å². The SMILES string of the molecule is C1=Cc2ccc3[nH]cnc3c2ON=C1. The molecule has 1 N–H and O–H groups in total. The monoisotopic (exact) mass is 185 g/mol. The molecule has 1 aliphatic heterocycles. The first kappa shape index (κ1) is 7.32. The van der Waals surface area contributed by atoms with Gasteiger partial charge in [0, 0.05) is 5.56 Å². The molecule has 3 rings (SSSR count). The maximum absolute atomic E-state index is 5.24. The number of aromatic nitrogens is 2. The van der Waals surface area contributed by atoms with Crippen LogP contribution in [0.4, 0.5) is 0 Å². The van der Waals surface area contributed by atoms with Gasteiger partial charge in [0.15, 0.2) is 5.75 Å². The van der Waals surface area contributed by atoms with Gasteiger partial charge in [0.2, 0.25) is 0 Å². The third-order valence-electron chi connectivity index (χ3n) is 2.14. The van der Waals surface area contributed by atoms with Crippen LogP contribution in [0.15, 0.2) is 29.7 Å². The number of fused-ring (bicyclic) bond motifs is 3. The molecule has 0 radical (unpaired) electrons. The van der Waals surface area contributed by atoms with Crippen LogP contribution in [0.5, 0.6) is 5.75 Å². The van der Waals surface area contributed by atoms with Crippen LogP contribution < -0.4 is 4.84 Å². The maximum atomic E-state index is 5.24. The molecule has 0 saturated carbocycles. The minimum absolute atomic E-state index is 0.703. The second-order valence-electron chi connectivity index (χ2n) is 2.99. The third-order valence-corrected chi connectivity index (χ3v) is 2.14. The fourth-order valence-corrected chi connectivity index (χ4v) is 1.49. The van der Waals surface area contributed by atoms with Crippen LogP contribution in [0.3, 0.4) is 0 Å². The van der Waals surface area contributed by atoms with Gasteiger partial charge in [-0.3, -0.25) is 0 Å². The standard InChI is InChI=1S/C10H7N3O/c1-2-7-3-4-8-9(12-6-11-8)10(7)14-13-5-1/h1-6H,(H,11,12). The molecule has 1 aromatic heterocycles. The molecular formula is C10H7N3O. The molecule has 0 unspecified atom stereocenters. The largest absolute Gasteiger partial charge is 0.354 e. The van der Waals surface area contributed by atoms with Crippen LogP contribution in [0.25, 0.3) is 17.1 Å². The summed E-state index contributed by atoms with van der Waals surface area (Å²) in [5, 5.41) is 3.78. The van der Waals surface area contributed by atoms with E-state index in [9.17, 15) is 0 Å². The Balaban J connectivity index is 2.38. The van der Waals surface area contributed by atoms with E-state index in [-0.39, 0.29) is 0 Å². The normalized spacial score (nSPS) is 13.7. The predicted octanol–water partition coefficient (Wildman–Crippen LogP) is 1.95. The number of oxime groups is 1. The molecule has 2 heterocycles. The molecule has 68 valence electrons. The van der Waals surface area contributed by atoms with Crippen LogP contribution in [-0.2, 0) is 0 Å². The Morgan fingerprint density at radius 3 is 3.29 bits per heavy atom. The van der Waals surface area contributed by atoms with Gasteiger partial charge in [-0.15, -0.1) is 0 Å². The van der Waals surface area contributed by atoms with Gasteiger partial charge in [0.25, 0.3) is 0 Å². The molecule has 0 fully saturated rings. The van der Waals surface area contributed by atoms with Gasteiger partial charge in [-0.1, -0.05) is 5.16 Å². The zero-order chi connectivity index (χ0) is 9.38. The number of H-pyrrole nitrogens is 1. The van der Waals surface area contributed by atoms with Crippen LogP contribution in [0, 0.1) is 0 Å². The lowest BCUT2D eigenvalue weighted by Crippen LogP contribution is -1.86. The summed E-state index contributed by atoms with van der Waals surface area (Å²) in [6.07, 6.45) is 7.04. The Kier molecular flexibility index (Phi) is 1.41. The highest BCUT2D eigenvalue weighted by molar-refractivity contribution is 5.89. The van der Waals surface area contributed by atoms with E-state index >= 15 is 0 Å². The summed E-state index contributed by atoms with van der Waals surface area (Å²) in [7, 11) is 0. The Labute approximate surface area is 79.9 Å². The summed E-state index contributed by atoms with van der Waals surface area (Å²) in [6.45, 7) is 0. The van der Waals surface area contributed by atoms with E-state index in [1.807, 2.05) is 24.3 Å². The number of nitrogens with zero attached hydrogens (tertiary/aromatic N) is 2. The number of hydrogen-bond acceptors (Lipinski definition) is 3. The van der Waals surface area contributed by atoms with Crippen molar-refractivity contribution in [1.82, 2.24) is 9.97 Å². The average Bonchev–Trinajstić information content (AvgIpc) is 2.55. The van der Waals surface area contributed by atoms with Gasteiger partial charge in [0.05, 0.1) is 18.1 Å². The summed E-state index contributed by atoms with van der Waals surface area (Å²) in [6, 6.07) is 3.95. The fraction of sp³-hybridized carbons (Fsp3) is 0. The van der Waals surface area contributed by atoms with Crippen molar-refractivity contribution in [2.75, 3.05) is 0 Å². The van der Waals surface area contributed by atoms with Gasteiger partial charge in [-0.25, -0.2) is 4.98 Å². The van der Waals surface area contributed by atoms with Crippen molar-refractivity contribution in [2.45, 2.75) is 0 Å². The van der Waals surface area contributed by atoms with E-state index in [1.54, 1.807) is 12.5 Å². The van der Waals surface area contributed by atoms with Crippen molar-refractivity contribution in [2.24, 2.45) is 5.16 Å². The molecule has 0 atom stereocenters. The molecule has 2 aromatic rings. The first-order chi connectivity index (χ1) is 6.95. The van der Waals surface area contributed by atoms with Crippen LogP contribution in [0.2, 0.25) is 0 Å². The van der Waals surface area contributed by atoms with E-state index < -0.39 is 0 Å². The average molecular weight is 185 g/mol. The van der Waals surface area contributed by atoms with Gasteiger partial charge in [0.1, 0.15) is 5.52 Å². The zero-order valence-corrected chi connectivity index (χ0v) is 7.27. The van der Waals surface area contributed by atoms with Gasteiger partial charge in [-0.05, 0) is 24.3 Å². The number of nitrogens with one attached hydrogen (secondary N) is 1. The minimum Gasteiger partial charge on any atom is -0.354 e. The Morgan fingerprint density at radius 2 is 2.29 bits per heavy atom. The predicted molar refractivity (Wildman–Crippen MR) is 54.2 cm³/mol. The number of aromatic amines is 1. The topological polar surface area (TPSA) is 50.3 Å². The molecule has 1 aliphatic rings. The molecule has 0 aliphatic carbocycles. The van der Waals surface area contributed by atoms with Crippen molar-refractivity contribution < 1.29 is 4.84 Å². The highest BCUT2D eigenvalue weighted by atomic mass is 16.6. The fourth-order valence-electron chi connectivity index (χ4n) is 1.49. The number of allylic oxidation sites excluding steroid dienone is 1. The molecule has 0 spiro atoms. The van der Waals surface area contributed by atoms with E-state index in [2.05, 4.69) is 15.1 Å². The highest BCUT2D eigenvalue weighted by Crippen LogP contribution is 2.29. The van der Waals surface area contributed by atoms with E-state index in [0.717, 1.165) is 16.6 Å². The second kappa shape index (κ2) is 2.70. The Bertz CT molecular complexity index is 539. The molecule has 0 bridgehead atoms. The lowest BCUT2D eigenvalue weighted by atomic mass is 10.1. The lowest BCUT2D eigenvalue weighted by molar-refractivity contribution is 0.348. The number of rotatable bonds is 0. The second-order valence-corrected chi connectivity index (χ2v) is 2.99. The Hall–Kier alpha value is -2.10. The number of hydrogen-bond donors (Lipinski definition) is 1. The smallest absolute Gasteiger partial charge is 0.192 e. The van der Waals surface area contributed by atoms with Gasteiger partial charge < -0.3 is 9.82 Å². The first-order valence-corrected chi connectivity index (χ1v) is 4.28. The molecule has 0 saturated heterocycles. The van der Waals surface area contributed by atoms with Crippen LogP contribution >= 0.6 is 0 Å². The van der Waals surface area contributed by atoms with E-state index in [0.29, 0.717) is 5.75 Å². The van der Waals surface area contributed by atoms with Crippen LogP contribution in [-0.4, -0.2) is 16.2 Å². The number of benzene rings is 1. The molecule has 14 heavy (non-hydrogen) atoms. The maximum Gasteiger partial charge on any atom is 0.192 e.